The van der Waals surface area contributed by atoms with Crippen LogP contribution in [0.2, 0.25) is 0 Å². The molecule has 66 heavy (non-hydrogen) atoms. The highest BCUT2D eigenvalue weighted by Crippen LogP contribution is 2.15. The van der Waals surface area contributed by atoms with Gasteiger partial charge < -0.3 is 14.2 Å². The fourth-order valence-electron chi connectivity index (χ4n) is 7.91. The fraction of sp³-hybridized carbons (Fsp3) is 0.783. The molecule has 0 heterocycles. The number of ether oxygens (including phenoxy) is 3. The van der Waals surface area contributed by atoms with E-state index in [1.807, 2.05) is 0 Å². The maximum absolute atomic E-state index is 12.8. The van der Waals surface area contributed by atoms with Gasteiger partial charge in [-0.3, -0.25) is 14.4 Å². The van der Waals surface area contributed by atoms with Crippen molar-refractivity contribution < 1.29 is 28.6 Å². The summed E-state index contributed by atoms with van der Waals surface area (Å²) in [5.41, 5.74) is 0. The van der Waals surface area contributed by atoms with Gasteiger partial charge in [0, 0.05) is 19.3 Å². The molecule has 0 amide bonds. The van der Waals surface area contributed by atoms with E-state index < -0.39 is 6.10 Å². The van der Waals surface area contributed by atoms with E-state index in [4.69, 9.17) is 14.2 Å². The zero-order chi connectivity index (χ0) is 47.9. The Hall–Kier alpha value is -2.89. The minimum absolute atomic E-state index is 0.0876. The topological polar surface area (TPSA) is 78.9 Å². The van der Waals surface area contributed by atoms with E-state index in [-0.39, 0.29) is 31.1 Å². The van der Waals surface area contributed by atoms with Gasteiger partial charge in [-0.25, -0.2) is 0 Å². The average Bonchev–Trinajstić information content (AvgIpc) is 3.31. The zero-order valence-electron chi connectivity index (χ0n) is 43.7. The highest BCUT2D eigenvalue weighted by molar-refractivity contribution is 5.71. The van der Waals surface area contributed by atoms with Crippen molar-refractivity contribution in [1.82, 2.24) is 0 Å². The van der Waals surface area contributed by atoms with Crippen LogP contribution in [0.1, 0.15) is 284 Å². The summed E-state index contributed by atoms with van der Waals surface area (Å²) in [7, 11) is 0. The van der Waals surface area contributed by atoms with E-state index in [2.05, 4.69) is 81.5 Å². The summed E-state index contributed by atoms with van der Waals surface area (Å²) in [5.74, 6) is -0.915. The first-order valence-corrected chi connectivity index (χ1v) is 28.3. The number of rotatable bonds is 51. The second-order valence-electron chi connectivity index (χ2n) is 18.8. The maximum atomic E-state index is 12.8. The van der Waals surface area contributed by atoms with Crippen LogP contribution in [0.15, 0.2) is 60.8 Å². The number of esters is 3. The van der Waals surface area contributed by atoms with Gasteiger partial charge in [0.1, 0.15) is 13.2 Å². The van der Waals surface area contributed by atoms with Gasteiger partial charge in [-0.05, 0) is 109 Å². The number of hydrogen-bond acceptors (Lipinski definition) is 6. The lowest BCUT2D eigenvalue weighted by Crippen LogP contribution is -2.30. The van der Waals surface area contributed by atoms with Crippen molar-refractivity contribution in [2.75, 3.05) is 13.2 Å². The molecule has 0 radical (unpaired) electrons. The fourth-order valence-corrected chi connectivity index (χ4v) is 7.91. The van der Waals surface area contributed by atoms with Gasteiger partial charge in [-0.2, -0.15) is 0 Å². The molecule has 0 aromatic carbocycles. The Labute approximate surface area is 409 Å². The van der Waals surface area contributed by atoms with Crippen molar-refractivity contribution in [2.24, 2.45) is 0 Å². The second kappa shape index (κ2) is 54.7. The molecular formula is C60H106O6. The Morgan fingerprint density at radius 3 is 0.894 bits per heavy atom. The van der Waals surface area contributed by atoms with Crippen LogP contribution in [0.3, 0.4) is 0 Å². The van der Waals surface area contributed by atoms with E-state index >= 15 is 0 Å². The molecule has 1 atom stereocenters. The van der Waals surface area contributed by atoms with Gasteiger partial charge in [-0.15, -0.1) is 0 Å². The lowest BCUT2D eigenvalue weighted by Gasteiger charge is -2.18. The summed E-state index contributed by atoms with van der Waals surface area (Å²) in [6.45, 7) is 6.58. The van der Waals surface area contributed by atoms with Crippen LogP contribution in [0.5, 0.6) is 0 Å². The average molecular weight is 924 g/mol. The van der Waals surface area contributed by atoms with Gasteiger partial charge in [0.05, 0.1) is 0 Å². The van der Waals surface area contributed by atoms with Gasteiger partial charge in [-0.1, -0.05) is 216 Å². The summed E-state index contributed by atoms with van der Waals surface area (Å²) in [6, 6.07) is 0. The molecule has 0 spiro atoms. The number of allylic oxidation sites excluding steroid dienone is 10. The molecule has 0 bridgehead atoms. The van der Waals surface area contributed by atoms with Crippen molar-refractivity contribution in [2.45, 2.75) is 290 Å². The van der Waals surface area contributed by atoms with Gasteiger partial charge >= 0.3 is 17.9 Å². The molecule has 0 aromatic heterocycles. The smallest absolute Gasteiger partial charge is 0.306 e. The second-order valence-corrected chi connectivity index (χ2v) is 18.8. The Morgan fingerprint density at radius 2 is 0.545 bits per heavy atom. The molecule has 6 nitrogen and oxygen atoms in total. The third-order valence-corrected chi connectivity index (χ3v) is 12.2. The van der Waals surface area contributed by atoms with Crippen LogP contribution >= 0.6 is 0 Å². The normalized spacial score (nSPS) is 12.5. The van der Waals surface area contributed by atoms with Crippen LogP contribution in [0, 0.1) is 0 Å². The predicted molar refractivity (Wildman–Crippen MR) is 284 cm³/mol. The molecule has 0 aromatic rings. The van der Waals surface area contributed by atoms with Gasteiger partial charge in [0.15, 0.2) is 6.10 Å². The number of unbranched alkanes of at least 4 members (excludes halogenated alkanes) is 30. The third kappa shape index (κ3) is 52.1. The van der Waals surface area contributed by atoms with Crippen molar-refractivity contribution in [1.29, 1.82) is 0 Å². The van der Waals surface area contributed by atoms with E-state index in [1.165, 1.54) is 154 Å². The molecule has 0 saturated heterocycles. The van der Waals surface area contributed by atoms with E-state index in [1.54, 1.807) is 0 Å². The molecule has 0 aliphatic rings. The Kier molecular flexibility index (Phi) is 52.3. The zero-order valence-corrected chi connectivity index (χ0v) is 43.7. The number of hydrogen-bond donors (Lipinski definition) is 0. The van der Waals surface area contributed by atoms with Crippen LogP contribution in [-0.2, 0) is 28.6 Å². The standard InChI is InChI=1S/C60H106O6/c1-4-7-10-13-16-19-22-25-27-29-30-32-33-35-38-41-44-47-50-53-59(62)65-56-57(55-64-58(61)52-49-46-43-40-37-24-21-18-15-12-9-6-3)66-60(63)54-51-48-45-42-39-36-34-31-28-26-23-20-17-14-11-8-5-2/h17-18,20-21,26,28-30,34,36,57H,4-16,19,22-25,27,31-33,35,37-56H2,1-3H3/b20-17-,21-18-,28-26-,30-29-,36-34-/t57-/m1/s1. The number of carbonyl (C=O) groups excluding carboxylic acids is 3. The molecule has 6 heteroatoms. The Balaban J connectivity index is 4.39. The van der Waals surface area contributed by atoms with Crippen LogP contribution < -0.4 is 0 Å². The summed E-state index contributed by atoms with van der Waals surface area (Å²) in [4.78, 5) is 38.1. The first kappa shape index (κ1) is 63.1. The summed E-state index contributed by atoms with van der Waals surface area (Å²) in [5, 5.41) is 0. The lowest BCUT2D eigenvalue weighted by atomic mass is 10.1. The van der Waals surface area contributed by atoms with Crippen molar-refractivity contribution in [3.8, 4) is 0 Å². The van der Waals surface area contributed by atoms with Crippen molar-refractivity contribution in [3.63, 3.8) is 0 Å². The molecule has 0 unspecified atom stereocenters. The molecule has 0 N–H and O–H groups in total. The molecule has 0 rings (SSSR count). The van der Waals surface area contributed by atoms with Crippen molar-refractivity contribution in [3.05, 3.63) is 60.8 Å². The maximum Gasteiger partial charge on any atom is 0.306 e. The van der Waals surface area contributed by atoms with Gasteiger partial charge in [0.25, 0.3) is 0 Å². The Morgan fingerprint density at radius 1 is 0.303 bits per heavy atom. The minimum Gasteiger partial charge on any atom is -0.462 e. The van der Waals surface area contributed by atoms with E-state index in [9.17, 15) is 14.4 Å². The van der Waals surface area contributed by atoms with Crippen LogP contribution in [0.4, 0.5) is 0 Å². The quantitative estimate of drug-likeness (QED) is 0.0262. The molecule has 0 fully saturated rings. The molecule has 0 saturated carbocycles. The van der Waals surface area contributed by atoms with E-state index in [0.717, 1.165) is 89.9 Å². The summed E-state index contributed by atoms with van der Waals surface area (Å²) in [6.07, 6.45) is 67.8. The SMILES string of the molecule is CCCCC/C=C\C/C=C\C/C=C\CCCCCCC(=O)O[C@H](COC(=O)CCCCCCC/C=C\CCCCC)COC(=O)CCCCCCCCC/C=C\CCCCCCCCCC. The largest absolute Gasteiger partial charge is 0.462 e. The number of carbonyl (C=O) groups is 3. The molecule has 382 valence electrons. The summed E-state index contributed by atoms with van der Waals surface area (Å²) >= 11 is 0. The monoisotopic (exact) mass is 923 g/mol. The van der Waals surface area contributed by atoms with Gasteiger partial charge in [0.2, 0.25) is 0 Å². The predicted octanol–water partition coefficient (Wildman–Crippen LogP) is 18.8. The van der Waals surface area contributed by atoms with E-state index in [0.29, 0.717) is 19.3 Å². The minimum atomic E-state index is -0.790. The third-order valence-electron chi connectivity index (χ3n) is 12.2. The van der Waals surface area contributed by atoms with Crippen molar-refractivity contribution >= 4 is 17.9 Å². The molecule has 0 aliphatic heterocycles. The summed E-state index contributed by atoms with van der Waals surface area (Å²) < 4.78 is 16.8. The highest BCUT2D eigenvalue weighted by atomic mass is 16.6. The van der Waals surface area contributed by atoms with Crippen LogP contribution in [-0.4, -0.2) is 37.2 Å². The highest BCUT2D eigenvalue weighted by Gasteiger charge is 2.19. The first-order chi connectivity index (χ1) is 32.5. The molecular weight excluding hydrogens is 817 g/mol. The lowest BCUT2D eigenvalue weighted by molar-refractivity contribution is -0.167. The first-order valence-electron chi connectivity index (χ1n) is 28.3. The molecule has 0 aliphatic carbocycles. The van der Waals surface area contributed by atoms with Crippen LogP contribution in [0.25, 0.3) is 0 Å². The Bertz CT molecular complexity index is 1200.